The highest BCUT2D eigenvalue weighted by molar-refractivity contribution is 8.93. The first-order valence-electron chi connectivity index (χ1n) is 8.78. The fourth-order valence-corrected chi connectivity index (χ4v) is 3.97. The SMILES string of the molecule is Br.[O-][N+]1(C2CCNCC2)CCN=C(c2ccccc2)c2ccccc21. The standard InChI is InChI=1S/C20H23N3O.BrH/c24-23(17-10-12-21-13-11-17)15-14-22-20(16-6-2-1-3-7-16)18-8-4-5-9-19(18)23;/h1-9,17,21H,10-15H2;1H. The molecule has 2 aliphatic heterocycles. The van der Waals surface area contributed by atoms with Gasteiger partial charge in [0.2, 0.25) is 0 Å². The summed E-state index contributed by atoms with van der Waals surface area (Å²) in [6.45, 7) is 2.97. The van der Waals surface area contributed by atoms with Crippen molar-refractivity contribution in [1.29, 1.82) is 0 Å². The van der Waals surface area contributed by atoms with Crippen molar-refractivity contribution in [3.8, 4) is 0 Å². The molecular formula is C20H24BrN3O. The third-order valence-corrected chi connectivity index (χ3v) is 5.21. The van der Waals surface area contributed by atoms with Gasteiger partial charge in [-0.05, 0) is 6.07 Å². The summed E-state index contributed by atoms with van der Waals surface area (Å²) in [5.74, 6) is 0. The molecule has 25 heavy (non-hydrogen) atoms. The van der Waals surface area contributed by atoms with Crippen LogP contribution in [0.4, 0.5) is 5.69 Å². The van der Waals surface area contributed by atoms with E-state index in [1.165, 1.54) is 0 Å². The minimum absolute atomic E-state index is 0. The molecule has 0 radical (unpaired) electrons. The Kier molecular flexibility index (Phi) is 5.69. The molecule has 5 heteroatoms. The fraction of sp³-hybridized carbons (Fsp3) is 0.350. The number of benzodiazepines with no additional fused rings is 1. The Labute approximate surface area is 159 Å². The second kappa shape index (κ2) is 7.79. The molecule has 1 atom stereocenters. The molecule has 0 aliphatic carbocycles. The molecule has 1 N–H and O–H groups in total. The Morgan fingerprint density at radius 2 is 1.64 bits per heavy atom. The summed E-state index contributed by atoms with van der Waals surface area (Å²) >= 11 is 0. The van der Waals surface area contributed by atoms with Crippen molar-refractivity contribution >= 4 is 28.4 Å². The van der Waals surface area contributed by atoms with E-state index in [0.29, 0.717) is 13.1 Å². The molecule has 0 spiro atoms. The van der Waals surface area contributed by atoms with Crippen LogP contribution in [0, 0.1) is 5.21 Å². The lowest BCUT2D eigenvalue weighted by Crippen LogP contribution is -2.56. The number of halogens is 1. The summed E-state index contributed by atoms with van der Waals surface area (Å²) in [7, 11) is 0. The van der Waals surface area contributed by atoms with E-state index in [9.17, 15) is 5.21 Å². The number of nitrogens with zero attached hydrogens (tertiary/aromatic N) is 2. The molecule has 132 valence electrons. The van der Waals surface area contributed by atoms with Crippen molar-refractivity contribution in [1.82, 2.24) is 9.96 Å². The zero-order chi connectivity index (χ0) is 16.4. The van der Waals surface area contributed by atoms with Crippen LogP contribution in [0.3, 0.4) is 0 Å². The number of para-hydroxylation sites is 1. The van der Waals surface area contributed by atoms with Crippen LogP contribution in [0.1, 0.15) is 24.0 Å². The molecule has 0 amide bonds. The second-order valence-corrected chi connectivity index (χ2v) is 6.61. The molecule has 1 saturated heterocycles. The Morgan fingerprint density at radius 3 is 2.40 bits per heavy atom. The molecule has 2 aliphatic rings. The molecule has 2 heterocycles. The maximum absolute atomic E-state index is 13.9. The lowest BCUT2D eigenvalue weighted by molar-refractivity contribution is 0.232. The maximum Gasteiger partial charge on any atom is 0.142 e. The zero-order valence-electron chi connectivity index (χ0n) is 14.2. The van der Waals surface area contributed by atoms with Gasteiger partial charge in [-0.1, -0.05) is 42.5 Å². The van der Waals surface area contributed by atoms with Gasteiger partial charge in [0.25, 0.3) is 0 Å². The normalized spacial score (nSPS) is 23.8. The molecule has 2 aromatic rings. The number of hydrogen-bond acceptors (Lipinski definition) is 3. The highest BCUT2D eigenvalue weighted by atomic mass is 79.9. The lowest BCUT2D eigenvalue weighted by Gasteiger charge is -2.49. The van der Waals surface area contributed by atoms with Crippen LogP contribution in [0.2, 0.25) is 0 Å². The summed E-state index contributed by atoms with van der Waals surface area (Å²) in [4.78, 5) is 4.81. The van der Waals surface area contributed by atoms with E-state index in [1.54, 1.807) is 0 Å². The summed E-state index contributed by atoms with van der Waals surface area (Å²) in [5, 5.41) is 17.3. The van der Waals surface area contributed by atoms with E-state index in [0.717, 1.165) is 48.5 Å². The molecular weight excluding hydrogens is 378 g/mol. The predicted octanol–water partition coefficient (Wildman–Crippen LogP) is 3.67. The van der Waals surface area contributed by atoms with Crippen molar-refractivity contribution in [2.45, 2.75) is 18.9 Å². The molecule has 4 nitrogen and oxygen atoms in total. The van der Waals surface area contributed by atoms with Gasteiger partial charge < -0.3 is 15.2 Å². The number of hydrogen-bond donors (Lipinski definition) is 1. The van der Waals surface area contributed by atoms with Crippen LogP contribution in [0.15, 0.2) is 59.6 Å². The number of benzene rings is 2. The van der Waals surface area contributed by atoms with Gasteiger partial charge in [0.15, 0.2) is 0 Å². The predicted molar refractivity (Wildman–Crippen MR) is 110 cm³/mol. The Bertz CT molecular complexity index is 744. The second-order valence-electron chi connectivity index (χ2n) is 6.61. The maximum atomic E-state index is 13.9. The lowest BCUT2D eigenvalue weighted by atomic mass is 9.97. The fourth-order valence-electron chi connectivity index (χ4n) is 3.97. The Hall–Kier alpha value is -1.53. The van der Waals surface area contributed by atoms with Gasteiger partial charge in [0.1, 0.15) is 12.2 Å². The van der Waals surface area contributed by atoms with Crippen molar-refractivity contribution in [2.75, 3.05) is 26.2 Å². The van der Waals surface area contributed by atoms with Gasteiger partial charge in [0.05, 0.1) is 23.9 Å². The van der Waals surface area contributed by atoms with Crippen LogP contribution in [0.25, 0.3) is 0 Å². The quantitative estimate of drug-likeness (QED) is 0.616. The number of nitrogens with one attached hydrogen (secondary N) is 1. The van der Waals surface area contributed by atoms with E-state index < -0.39 is 0 Å². The van der Waals surface area contributed by atoms with Crippen LogP contribution < -0.4 is 9.96 Å². The topological polar surface area (TPSA) is 47.4 Å². The minimum atomic E-state index is -0.238. The van der Waals surface area contributed by atoms with Gasteiger partial charge in [0, 0.05) is 37.6 Å². The van der Waals surface area contributed by atoms with E-state index in [4.69, 9.17) is 4.99 Å². The first-order valence-corrected chi connectivity index (χ1v) is 8.78. The molecule has 4 rings (SSSR count). The van der Waals surface area contributed by atoms with Gasteiger partial charge in [-0.2, -0.15) is 0 Å². The van der Waals surface area contributed by atoms with E-state index in [-0.39, 0.29) is 27.7 Å². The average Bonchev–Trinajstić information content (AvgIpc) is 2.81. The third-order valence-electron chi connectivity index (χ3n) is 5.21. The third kappa shape index (κ3) is 3.42. The molecule has 0 bridgehead atoms. The molecule has 1 unspecified atom stereocenters. The Morgan fingerprint density at radius 1 is 0.960 bits per heavy atom. The minimum Gasteiger partial charge on any atom is -0.627 e. The van der Waals surface area contributed by atoms with Crippen LogP contribution in [-0.2, 0) is 0 Å². The number of quaternary nitrogens is 1. The van der Waals surface area contributed by atoms with Gasteiger partial charge in [-0.25, -0.2) is 0 Å². The summed E-state index contributed by atoms with van der Waals surface area (Å²) in [6, 6.07) is 18.4. The van der Waals surface area contributed by atoms with Gasteiger partial charge >= 0.3 is 0 Å². The first-order chi connectivity index (χ1) is 11.8. The van der Waals surface area contributed by atoms with Crippen LogP contribution in [0.5, 0.6) is 0 Å². The van der Waals surface area contributed by atoms with Crippen molar-refractivity contribution < 1.29 is 0 Å². The average molecular weight is 402 g/mol. The van der Waals surface area contributed by atoms with E-state index in [1.807, 2.05) is 36.4 Å². The largest absolute Gasteiger partial charge is 0.627 e. The van der Waals surface area contributed by atoms with Crippen molar-refractivity contribution in [3.05, 3.63) is 70.9 Å². The number of rotatable bonds is 2. The number of hydroxylamine groups is 2. The van der Waals surface area contributed by atoms with Crippen LogP contribution in [-0.4, -0.2) is 37.9 Å². The molecule has 1 fully saturated rings. The number of aliphatic imine (C=N–C) groups is 1. The zero-order valence-corrected chi connectivity index (χ0v) is 15.9. The Balaban J connectivity index is 0.00000182. The number of piperidine rings is 1. The smallest absolute Gasteiger partial charge is 0.142 e. The molecule has 2 aromatic carbocycles. The first kappa shape index (κ1) is 18.3. The van der Waals surface area contributed by atoms with E-state index in [2.05, 4.69) is 23.5 Å². The summed E-state index contributed by atoms with van der Waals surface area (Å²) in [5.41, 5.74) is 3.92. The summed E-state index contributed by atoms with van der Waals surface area (Å²) < 4.78 is -0.238. The van der Waals surface area contributed by atoms with E-state index >= 15 is 0 Å². The van der Waals surface area contributed by atoms with Gasteiger partial charge in [-0.15, -0.1) is 17.0 Å². The van der Waals surface area contributed by atoms with Crippen molar-refractivity contribution in [2.24, 2.45) is 4.99 Å². The highest BCUT2D eigenvalue weighted by Crippen LogP contribution is 2.35. The summed E-state index contributed by atoms with van der Waals surface area (Å²) in [6.07, 6.45) is 1.86. The van der Waals surface area contributed by atoms with Gasteiger partial charge in [-0.3, -0.25) is 4.99 Å². The molecule has 0 aromatic heterocycles. The molecule has 0 saturated carbocycles. The van der Waals surface area contributed by atoms with Crippen LogP contribution >= 0.6 is 17.0 Å². The monoisotopic (exact) mass is 401 g/mol. The number of fused-ring (bicyclic) bond motifs is 1. The van der Waals surface area contributed by atoms with Crippen molar-refractivity contribution in [3.63, 3.8) is 0 Å². The highest BCUT2D eigenvalue weighted by Gasteiger charge is 2.36.